The zero-order valence-electron chi connectivity index (χ0n) is 34.4. The first-order valence-corrected chi connectivity index (χ1v) is 20.6. The van der Waals surface area contributed by atoms with E-state index < -0.39 is 41.0 Å². The van der Waals surface area contributed by atoms with E-state index in [2.05, 4.69) is 36.2 Å². The van der Waals surface area contributed by atoms with Gasteiger partial charge in [-0.25, -0.2) is 19.7 Å². The van der Waals surface area contributed by atoms with Crippen LogP contribution in [0.2, 0.25) is 0 Å². The number of aliphatic hydroxyl groups excluding tert-OH is 1. The van der Waals surface area contributed by atoms with Gasteiger partial charge in [-0.3, -0.25) is 14.4 Å². The van der Waals surface area contributed by atoms with Crippen molar-refractivity contribution >= 4 is 41.0 Å². The lowest BCUT2D eigenvalue weighted by Gasteiger charge is -2.35. The first kappa shape index (κ1) is 43.5. The van der Waals surface area contributed by atoms with Crippen LogP contribution in [0.15, 0.2) is 42.2 Å². The first-order chi connectivity index (χ1) is 26.9. The lowest BCUT2D eigenvalue weighted by Crippen LogP contribution is -2.58. The number of aliphatic hydroxyl groups is 1. The predicted octanol–water partition coefficient (Wildman–Crippen LogP) is 4.54. The quantitative estimate of drug-likeness (QED) is 0.153. The molecule has 4 heterocycles. The second-order valence-electron chi connectivity index (χ2n) is 17.1. The molecule has 4 amide bonds. The molecule has 2 saturated heterocycles. The summed E-state index contributed by atoms with van der Waals surface area (Å²) in [6.45, 7) is 18.4. The number of hydrogen-bond donors (Lipinski definition) is 5. The Morgan fingerprint density at radius 1 is 0.965 bits per heavy atom. The second kappa shape index (κ2) is 18.7. The number of amides is 4. The zero-order chi connectivity index (χ0) is 41.5. The molecule has 16 heteroatoms. The average molecular weight is 806 g/mol. The van der Waals surface area contributed by atoms with E-state index in [1.54, 1.807) is 16.2 Å². The summed E-state index contributed by atoms with van der Waals surface area (Å²) in [6, 6.07) is 5.65. The molecule has 1 aromatic carbocycles. The fraction of sp³-hybridized carbons (Fsp3) is 0.585. The zero-order valence-corrected chi connectivity index (χ0v) is 35.2. The maximum absolute atomic E-state index is 14.1. The van der Waals surface area contributed by atoms with Crippen molar-refractivity contribution in [2.45, 2.75) is 104 Å². The van der Waals surface area contributed by atoms with Gasteiger partial charge in [0.25, 0.3) is 5.91 Å². The Balaban J connectivity index is 1.09. The number of likely N-dealkylation sites (tertiary alicyclic amines) is 2. The number of nitrogens with one attached hydrogen (secondary N) is 4. The van der Waals surface area contributed by atoms with Crippen molar-refractivity contribution in [1.82, 2.24) is 40.7 Å². The van der Waals surface area contributed by atoms with E-state index in [1.807, 2.05) is 85.2 Å². The molecule has 4 atom stereocenters. The van der Waals surface area contributed by atoms with Gasteiger partial charge in [-0.05, 0) is 76.5 Å². The molecule has 15 nitrogen and oxygen atoms in total. The molecular weight excluding hydrogens is 747 g/mol. The van der Waals surface area contributed by atoms with Crippen LogP contribution < -0.4 is 21.3 Å². The van der Waals surface area contributed by atoms with Crippen LogP contribution in [-0.2, 0) is 14.3 Å². The minimum atomic E-state index is -1.01. The average Bonchev–Trinajstić information content (AvgIpc) is 3.77. The van der Waals surface area contributed by atoms with Gasteiger partial charge < -0.3 is 40.9 Å². The van der Waals surface area contributed by atoms with Crippen LogP contribution in [0.25, 0.3) is 10.4 Å². The van der Waals surface area contributed by atoms with E-state index in [9.17, 15) is 24.3 Å². The normalized spacial score (nSPS) is 18.8. The van der Waals surface area contributed by atoms with Gasteiger partial charge in [-0.2, -0.15) is 0 Å². The third-order valence-corrected chi connectivity index (χ3v) is 11.2. The van der Waals surface area contributed by atoms with Gasteiger partial charge >= 0.3 is 6.09 Å². The third kappa shape index (κ3) is 11.9. The summed E-state index contributed by atoms with van der Waals surface area (Å²) in [5, 5.41) is 23.1. The maximum atomic E-state index is 14.1. The molecule has 0 unspecified atom stereocenters. The highest BCUT2D eigenvalue weighted by Gasteiger charge is 2.45. The predicted molar refractivity (Wildman–Crippen MR) is 220 cm³/mol. The summed E-state index contributed by atoms with van der Waals surface area (Å²) in [7, 11) is 0. The summed E-state index contributed by atoms with van der Waals surface area (Å²) < 4.78 is 5.49. The summed E-state index contributed by atoms with van der Waals surface area (Å²) in [6.07, 6.45) is 3.60. The molecule has 2 aromatic heterocycles. The molecule has 0 bridgehead atoms. The Hall–Kier alpha value is -4.67. The number of hydrogen-bond acceptors (Lipinski definition) is 12. The Kier molecular flexibility index (Phi) is 14.3. The topological polar surface area (TPSA) is 191 Å². The molecule has 5 rings (SSSR count). The minimum Gasteiger partial charge on any atom is -0.444 e. The molecule has 0 saturated carbocycles. The Bertz CT molecular complexity index is 1830. The molecule has 3 aromatic rings. The number of anilines is 1. The van der Waals surface area contributed by atoms with Crippen molar-refractivity contribution in [3.05, 3.63) is 59.1 Å². The fourth-order valence-corrected chi connectivity index (χ4v) is 7.80. The number of rotatable bonds is 13. The van der Waals surface area contributed by atoms with E-state index in [0.29, 0.717) is 37.9 Å². The van der Waals surface area contributed by atoms with Crippen LogP contribution in [0.5, 0.6) is 0 Å². The van der Waals surface area contributed by atoms with E-state index in [4.69, 9.17) is 4.74 Å². The molecule has 2 aliphatic rings. The standard InChI is InChI=1S/C41H59N9O6S/c1-25(28-9-11-29(12-10-28)34-26(2)46-24-57-34)47-37(53)32-19-30(51)23-50(32)38(54)35(40(3,4)5)48-36(52)31-21-45-33(22-44-31)43-16-15-42-20-27-13-17-49(18-14-27)39(55)56-41(6,7)8/h9-12,21-22,24-25,27,30,32,35,42,51H,13-20,23H2,1-8H3,(H,43,45)(H,47,53)(H,48,52)/t25-,30+,32-,35+/m0/s1. The van der Waals surface area contributed by atoms with Crippen LogP contribution >= 0.6 is 11.3 Å². The summed E-state index contributed by atoms with van der Waals surface area (Å²) in [4.78, 5) is 70.7. The third-order valence-electron chi connectivity index (χ3n) is 10.2. The van der Waals surface area contributed by atoms with E-state index >= 15 is 0 Å². The second-order valence-corrected chi connectivity index (χ2v) is 18.0. The van der Waals surface area contributed by atoms with Crippen LogP contribution in [0.3, 0.4) is 0 Å². The Morgan fingerprint density at radius 3 is 2.26 bits per heavy atom. The van der Waals surface area contributed by atoms with Crippen LogP contribution in [0.1, 0.15) is 95.5 Å². The smallest absolute Gasteiger partial charge is 0.410 e. The lowest BCUT2D eigenvalue weighted by molar-refractivity contribution is -0.142. The molecule has 5 N–H and O–H groups in total. The van der Waals surface area contributed by atoms with E-state index in [-0.39, 0.29) is 36.7 Å². The number of carbonyl (C=O) groups excluding carboxylic acids is 4. The summed E-state index contributed by atoms with van der Waals surface area (Å²) >= 11 is 1.57. The van der Waals surface area contributed by atoms with Crippen molar-refractivity contribution in [3.63, 3.8) is 0 Å². The van der Waals surface area contributed by atoms with Crippen LogP contribution in [0.4, 0.5) is 10.6 Å². The molecule has 310 valence electrons. The van der Waals surface area contributed by atoms with E-state index in [1.165, 1.54) is 17.3 Å². The lowest BCUT2D eigenvalue weighted by atomic mass is 9.85. The number of β-amino-alcohol motifs (C(OH)–C–C–N with tert-alkyl or cyclic N) is 1. The number of piperidine rings is 1. The fourth-order valence-electron chi connectivity index (χ4n) is 6.99. The highest BCUT2D eigenvalue weighted by Crippen LogP contribution is 2.30. The van der Waals surface area contributed by atoms with Crippen molar-refractivity contribution in [3.8, 4) is 10.4 Å². The largest absolute Gasteiger partial charge is 0.444 e. The van der Waals surface area contributed by atoms with Crippen molar-refractivity contribution < 1.29 is 29.0 Å². The van der Waals surface area contributed by atoms with Crippen molar-refractivity contribution in [2.75, 3.05) is 44.6 Å². The highest BCUT2D eigenvalue weighted by atomic mass is 32.1. The van der Waals surface area contributed by atoms with Gasteiger partial charge in [-0.15, -0.1) is 11.3 Å². The first-order valence-electron chi connectivity index (χ1n) is 19.7. The van der Waals surface area contributed by atoms with E-state index in [0.717, 1.165) is 41.1 Å². The van der Waals surface area contributed by atoms with Crippen molar-refractivity contribution in [2.24, 2.45) is 11.3 Å². The van der Waals surface area contributed by atoms with Crippen molar-refractivity contribution in [1.29, 1.82) is 0 Å². The molecule has 0 radical (unpaired) electrons. The Morgan fingerprint density at radius 2 is 1.67 bits per heavy atom. The molecular formula is C41H59N9O6S. The molecule has 2 fully saturated rings. The number of carbonyl (C=O) groups is 4. The number of aryl methyl sites for hydroxylation is 1. The minimum absolute atomic E-state index is 0.0287. The number of aromatic nitrogens is 3. The van der Waals surface area contributed by atoms with Gasteiger partial charge in [0.2, 0.25) is 11.8 Å². The SMILES string of the molecule is Cc1ncsc1-c1ccc([C@H](C)NC(=O)[C@@H]2C[C@@H](O)CN2C(=O)[C@@H](NC(=O)c2cnc(NCCNCC3CCN(C(=O)OC(C)(C)C)CC3)cn2)C(C)(C)C)cc1. The summed E-state index contributed by atoms with van der Waals surface area (Å²) in [5.41, 5.74) is 3.53. The Labute approximate surface area is 339 Å². The van der Waals surface area contributed by atoms with Gasteiger partial charge in [0.15, 0.2) is 0 Å². The highest BCUT2D eigenvalue weighted by molar-refractivity contribution is 7.13. The maximum Gasteiger partial charge on any atom is 0.410 e. The molecule has 0 spiro atoms. The van der Waals surface area contributed by atoms with Gasteiger partial charge in [0, 0.05) is 39.1 Å². The number of nitrogens with zero attached hydrogens (tertiary/aromatic N) is 5. The van der Waals surface area contributed by atoms with Crippen LogP contribution in [0, 0.1) is 18.3 Å². The number of thiazole rings is 1. The number of benzene rings is 1. The summed E-state index contributed by atoms with van der Waals surface area (Å²) in [5.74, 6) is -0.438. The molecule has 57 heavy (non-hydrogen) atoms. The van der Waals surface area contributed by atoms with Gasteiger partial charge in [0.05, 0.1) is 40.6 Å². The molecule has 0 aliphatic carbocycles. The number of ether oxygens (including phenoxy) is 1. The van der Waals surface area contributed by atoms with Crippen LogP contribution in [-0.4, -0.2) is 117 Å². The monoisotopic (exact) mass is 805 g/mol. The van der Waals surface area contributed by atoms with Gasteiger partial charge in [-0.1, -0.05) is 45.0 Å². The van der Waals surface area contributed by atoms with Gasteiger partial charge in [0.1, 0.15) is 29.2 Å². The molecule has 2 aliphatic heterocycles.